The van der Waals surface area contributed by atoms with Gasteiger partial charge in [0.2, 0.25) is 0 Å². The van der Waals surface area contributed by atoms with Crippen molar-refractivity contribution >= 4 is 28.5 Å². The number of aromatic nitrogens is 1. The molecule has 2 rings (SSSR count). The van der Waals surface area contributed by atoms with Crippen molar-refractivity contribution < 1.29 is 19.2 Å². The Labute approximate surface area is 132 Å². The minimum atomic E-state index is -0.608. The van der Waals surface area contributed by atoms with Gasteiger partial charge in [-0.05, 0) is 19.1 Å². The molecule has 0 unspecified atom stereocenters. The minimum absolute atomic E-state index is 0.0667. The SMILES string of the molecule is CCOC(=O)CN(C)C(=O)c1c([N+](=O)[O-])c2ccccc2n1C. The molecule has 0 radical (unpaired) electrons. The highest BCUT2D eigenvalue weighted by molar-refractivity contribution is 6.06. The smallest absolute Gasteiger partial charge is 0.325 e. The van der Waals surface area contributed by atoms with Gasteiger partial charge in [-0.25, -0.2) is 0 Å². The number of hydrogen-bond acceptors (Lipinski definition) is 5. The Kier molecular flexibility index (Phi) is 4.63. The van der Waals surface area contributed by atoms with Gasteiger partial charge < -0.3 is 14.2 Å². The average Bonchev–Trinajstić information content (AvgIpc) is 2.80. The molecule has 0 saturated carbocycles. The largest absolute Gasteiger partial charge is 0.465 e. The standard InChI is InChI=1S/C15H17N3O5/c1-4-23-12(19)9-16(2)15(20)14-13(18(21)22)10-7-5-6-8-11(10)17(14)3/h5-8H,4,9H2,1-3H3. The van der Waals surface area contributed by atoms with E-state index >= 15 is 0 Å². The molecule has 1 aromatic carbocycles. The van der Waals surface area contributed by atoms with Crippen LogP contribution in [0.2, 0.25) is 0 Å². The second-order valence-electron chi connectivity index (χ2n) is 5.00. The summed E-state index contributed by atoms with van der Waals surface area (Å²) in [7, 11) is 2.99. The molecular formula is C15H17N3O5. The lowest BCUT2D eigenvalue weighted by molar-refractivity contribution is -0.383. The van der Waals surface area contributed by atoms with E-state index in [0.717, 1.165) is 4.90 Å². The minimum Gasteiger partial charge on any atom is -0.465 e. The highest BCUT2D eigenvalue weighted by Gasteiger charge is 2.31. The number of likely N-dealkylation sites (N-methyl/N-ethyl adjacent to an activating group) is 1. The Morgan fingerprint density at radius 1 is 1.35 bits per heavy atom. The first-order chi connectivity index (χ1) is 10.9. The number of carbonyl (C=O) groups excluding carboxylic acids is 2. The molecule has 23 heavy (non-hydrogen) atoms. The molecule has 8 nitrogen and oxygen atoms in total. The van der Waals surface area contributed by atoms with Crippen LogP contribution in [0.15, 0.2) is 24.3 Å². The summed E-state index contributed by atoms with van der Waals surface area (Å²) in [5.74, 6) is -1.17. The second kappa shape index (κ2) is 6.47. The molecule has 1 amide bonds. The lowest BCUT2D eigenvalue weighted by atomic mass is 10.2. The number of hydrogen-bond donors (Lipinski definition) is 0. The van der Waals surface area contributed by atoms with Gasteiger partial charge in [-0.1, -0.05) is 12.1 Å². The maximum absolute atomic E-state index is 12.6. The third-order valence-electron chi connectivity index (χ3n) is 3.48. The summed E-state index contributed by atoms with van der Waals surface area (Å²) in [5, 5.41) is 11.8. The number of rotatable bonds is 5. The Balaban J connectivity index is 2.48. The fourth-order valence-electron chi connectivity index (χ4n) is 2.46. The van der Waals surface area contributed by atoms with Crippen LogP contribution in [0.4, 0.5) is 5.69 Å². The number of amides is 1. The Morgan fingerprint density at radius 3 is 2.61 bits per heavy atom. The van der Waals surface area contributed by atoms with E-state index in [2.05, 4.69) is 0 Å². The zero-order valence-electron chi connectivity index (χ0n) is 13.1. The van der Waals surface area contributed by atoms with Crippen molar-refractivity contribution in [2.45, 2.75) is 6.92 Å². The Hall–Kier alpha value is -2.90. The fourth-order valence-corrected chi connectivity index (χ4v) is 2.46. The highest BCUT2D eigenvalue weighted by atomic mass is 16.6. The quantitative estimate of drug-likeness (QED) is 0.475. The molecule has 0 saturated heterocycles. The first kappa shape index (κ1) is 16.5. The molecule has 1 heterocycles. The van der Waals surface area contributed by atoms with Gasteiger partial charge in [-0.3, -0.25) is 19.7 Å². The lowest BCUT2D eigenvalue weighted by Gasteiger charge is -2.16. The van der Waals surface area contributed by atoms with Crippen molar-refractivity contribution in [3.8, 4) is 0 Å². The van der Waals surface area contributed by atoms with E-state index in [1.807, 2.05) is 0 Å². The number of carbonyl (C=O) groups is 2. The number of fused-ring (bicyclic) bond motifs is 1. The molecule has 0 aliphatic heterocycles. The second-order valence-corrected chi connectivity index (χ2v) is 5.00. The molecule has 2 aromatic rings. The van der Waals surface area contributed by atoms with Gasteiger partial charge in [0.15, 0.2) is 5.69 Å². The normalized spacial score (nSPS) is 10.6. The van der Waals surface area contributed by atoms with Crippen LogP contribution in [0.25, 0.3) is 10.9 Å². The van der Waals surface area contributed by atoms with Crippen LogP contribution in [0, 0.1) is 10.1 Å². The average molecular weight is 319 g/mol. The third-order valence-corrected chi connectivity index (χ3v) is 3.48. The molecule has 122 valence electrons. The number of ether oxygens (including phenoxy) is 1. The maximum Gasteiger partial charge on any atom is 0.325 e. The lowest BCUT2D eigenvalue weighted by Crippen LogP contribution is -2.34. The number of aryl methyl sites for hydroxylation is 1. The van der Waals surface area contributed by atoms with E-state index in [0.29, 0.717) is 10.9 Å². The summed E-state index contributed by atoms with van der Waals surface area (Å²) in [6.07, 6.45) is 0. The number of nitrogens with zero attached hydrogens (tertiary/aromatic N) is 3. The summed E-state index contributed by atoms with van der Waals surface area (Å²) < 4.78 is 6.26. The van der Waals surface area contributed by atoms with Crippen molar-refractivity contribution in [3.63, 3.8) is 0 Å². The van der Waals surface area contributed by atoms with E-state index in [9.17, 15) is 19.7 Å². The van der Waals surface area contributed by atoms with Crippen molar-refractivity contribution in [2.24, 2.45) is 7.05 Å². The van der Waals surface area contributed by atoms with Gasteiger partial charge in [0, 0.05) is 14.1 Å². The van der Waals surface area contributed by atoms with Gasteiger partial charge in [0.05, 0.1) is 22.4 Å². The molecule has 0 bridgehead atoms. The maximum atomic E-state index is 12.6. The van der Waals surface area contributed by atoms with Gasteiger partial charge in [0.1, 0.15) is 6.54 Å². The molecule has 0 atom stereocenters. The van der Waals surface area contributed by atoms with Crippen molar-refractivity contribution in [2.75, 3.05) is 20.2 Å². The predicted octanol–water partition coefficient (Wildman–Crippen LogP) is 1.72. The third kappa shape index (κ3) is 3.01. The van der Waals surface area contributed by atoms with Crippen molar-refractivity contribution in [1.29, 1.82) is 0 Å². The predicted molar refractivity (Wildman–Crippen MR) is 83.2 cm³/mol. The van der Waals surface area contributed by atoms with E-state index < -0.39 is 16.8 Å². The summed E-state index contributed by atoms with van der Waals surface area (Å²) in [5.41, 5.74) is 0.249. The number of para-hydroxylation sites is 1. The highest BCUT2D eigenvalue weighted by Crippen LogP contribution is 2.32. The zero-order valence-corrected chi connectivity index (χ0v) is 13.1. The van der Waals surface area contributed by atoms with Crippen LogP contribution in [-0.2, 0) is 16.6 Å². The van der Waals surface area contributed by atoms with Crippen LogP contribution in [0.5, 0.6) is 0 Å². The molecule has 0 aliphatic rings. The summed E-state index contributed by atoms with van der Waals surface area (Å²) >= 11 is 0. The topological polar surface area (TPSA) is 94.7 Å². The first-order valence-corrected chi connectivity index (χ1v) is 7.01. The first-order valence-electron chi connectivity index (χ1n) is 7.01. The van der Waals surface area contributed by atoms with Crippen molar-refractivity contribution in [1.82, 2.24) is 9.47 Å². The van der Waals surface area contributed by atoms with E-state index in [4.69, 9.17) is 4.74 Å². The van der Waals surface area contributed by atoms with Gasteiger partial charge in [-0.15, -0.1) is 0 Å². The molecular weight excluding hydrogens is 302 g/mol. The summed E-state index contributed by atoms with van der Waals surface area (Å²) in [6.45, 7) is 1.59. The zero-order chi connectivity index (χ0) is 17.1. The molecule has 0 spiro atoms. The van der Waals surface area contributed by atoms with Gasteiger partial charge in [0.25, 0.3) is 5.91 Å². The van der Waals surface area contributed by atoms with Crippen LogP contribution in [-0.4, -0.2) is 46.5 Å². The van der Waals surface area contributed by atoms with Crippen LogP contribution < -0.4 is 0 Å². The molecule has 8 heteroatoms. The fraction of sp³-hybridized carbons (Fsp3) is 0.333. The van der Waals surface area contributed by atoms with Gasteiger partial charge in [-0.2, -0.15) is 0 Å². The summed E-state index contributed by atoms with van der Waals surface area (Å²) in [6, 6.07) is 6.70. The molecule has 0 N–H and O–H groups in total. The van der Waals surface area contributed by atoms with Crippen LogP contribution in [0.1, 0.15) is 17.4 Å². The monoisotopic (exact) mass is 319 g/mol. The molecule has 0 aliphatic carbocycles. The van der Waals surface area contributed by atoms with Crippen LogP contribution in [0.3, 0.4) is 0 Å². The summed E-state index contributed by atoms with van der Waals surface area (Å²) in [4.78, 5) is 36.1. The van der Waals surface area contributed by atoms with Crippen molar-refractivity contribution in [3.05, 3.63) is 40.1 Å². The van der Waals surface area contributed by atoms with E-state index in [1.54, 1.807) is 38.2 Å². The van der Waals surface area contributed by atoms with E-state index in [-0.39, 0.29) is 24.5 Å². The van der Waals surface area contributed by atoms with Gasteiger partial charge >= 0.3 is 11.7 Å². The van der Waals surface area contributed by atoms with E-state index in [1.165, 1.54) is 11.6 Å². The number of benzene rings is 1. The molecule has 1 aromatic heterocycles. The molecule has 0 fully saturated rings. The number of nitro groups is 1. The Morgan fingerprint density at radius 2 is 2.00 bits per heavy atom. The number of esters is 1. The van der Waals surface area contributed by atoms with Crippen LogP contribution >= 0.6 is 0 Å². The Bertz CT molecular complexity index is 781.